The van der Waals surface area contributed by atoms with E-state index in [-0.39, 0.29) is 17.7 Å². The molecule has 0 bridgehead atoms. The summed E-state index contributed by atoms with van der Waals surface area (Å²) in [5, 5.41) is 6.24. The molecule has 2 atom stereocenters. The van der Waals surface area contributed by atoms with Gasteiger partial charge >= 0.3 is 6.03 Å². The molecule has 33 heavy (non-hydrogen) atoms. The molecule has 2 aromatic carbocycles. The van der Waals surface area contributed by atoms with E-state index in [9.17, 15) is 9.59 Å². The van der Waals surface area contributed by atoms with Crippen molar-refractivity contribution in [1.29, 1.82) is 0 Å². The van der Waals surface area contributed by atoms with Crippen molar-refractivity contribution in [1.82, 2.24) is 5.32 Å². The van der Waals surface area contributed by atoms with Crippen LogP contribution in [0.25, 0.3) is 0 Å². The second-order valence-electron chi connectivity index (χ2n) is 8.18. The number of furan rings is 1. The van der Waals surface area contributed by atoms with Crippen molar-refractivity contribution in [2.75, 3.05) is 24.4 Å². The number of para-hydroxylation sites is 2. The highest BCUT2D eigenvalue weighted by atomic mass is 16.5. The summed E-state index contributed by atoms with van der Waals surface area (Å²) in [5.74, 6) is 1.43. The molecule has 2 heterocycles. The molecule has 2 N–H and O–H groups in total. The third-order valence-corrected chi connectivity index (χ3v) is 6.30. The molecule has 168 valence electrons. The second kappa shape index (κ2) is 8.50. The Hall–Kier alpha value is -4.00. The number of benzene rings is 2. The topological polar surface area (TPSA) is 83.8 Å². The van der Waals surface area contributed by atoms with E-state index in [2.05, 4.69) is 10.6 Å². The molecular weight excluding hydrogens is 418 g/mol. The van der Waals surface area contributed by atoms with Gasteiger partial charge in [-0.2, -0.15) is 0 Å². The smallest absolute Gasteiger partial charge is 0.322 e. The van der Waals surface area contributed by atoms with Gasteiger partial charge < -0.3 is 19.8 Å². The molecule has 1 aliphatic heterocycles. The van der Waals surface area contributed by atoms with E-state index in [4.69, 9.17) is 9.15 Å². The van der Waals surface area contributed by atoms with Crippen molar-refractivity contribution in [3.05, 3.63) is 89.5 Å². The van der Waals surface area contributed by atoms with Crippen LogP contribution in [0.3, 0.4) is 0 Å². The van der Waals surface area contributed by atoms with Crippen molar-refractivity contribution in [3.63, 3.8) is 0 Å². The Morgan fingerprint density at radius 1 is 1.09 bits per heavy atom. The van der Waals surface area contributed by atoms with E-state index < -0.39 is 6.04 Å². The average molecular weight is 444 g/mol. The SMILES string of the molecule is CNC(=O)N1c2ccccc2NC2=C(C(=O)C[C@H](c3ccco3)C2)[C@@H]1c1ccc(OC)cc1. The van der Waals surface area contributed by atoms with Gasteiger partial charge in [0.25, 0.3) is 0 Å². The van der Waals surface area contributed by atoms with Crippen LogP contribution in [0.1, 0.15) is 36.1 Å². The molecule has 1 aromatic heterocycles. The number of urea groups is 1. The van der Waals surface area contributed by atoms with Crippen LogP contribution in [-0.4, -0.2) is 26.0 Å². The molecular formula is C26H25N3O4. The number of allylic oxidation sites excluding steroid dienone is 1. The molecule has 0 spiro atoms. The number of rotatable bonds is 3. The van der Waals surface area contributed by atoms with Crippen molar-refractivity contribution >= 4 is 23.2 Å². The summed E-state index contributed by atoms with van der Waals surface area (Å²) in [7, 11) is 3.21. The third-order valence-electron chi connectivity index (χ3n) is 6.30. The summed E-state index contributed by atoms with van der Waals surface area (Å²) >= 11 is 0. The standard InChI is InChI=1S/C26H25N3O4/c1-27-26(31)29-21-7-4-3-6-19(21)28-20-14-17(23-8-5-13-33-23)15-22(30)24(20)25(29)16-9-11-18(32-2)12-10-16/h3-13,17,25,28H,14-15H2,1-2H3,(H,27,31)/t17-,25+/m1/s1. The summed E-state index contributed by atoms with van der Waals surface area (Å²) in [6.45, 7) is 0. The summed E-state index contributed by atoms with van der Waals surface area (Å²) in [6, 6.07) is 18.0. The Morgan fingerprint density at radius 2 is 1.88 bits per heavy atom. The highest BCUT2D eigenvalue weighted by Crippen LogP contribution is 2.47. The molecule has 3 aromatic rings. The minimum Gasteiger partial charge on any atom is -0.497 e. The molecule has 7 heteroatoms. The number of ketones is 1. The maximum atomic E-state index is 13.7. The normalized spacial score (nSPS) is 19.8. The molecule has 5 rings (SSSR count). The van der Waals surface area contributed by atoms with Crippen molar-refractivity contribution in [2.24, 2.45) is 0 Å². The van der Waals surface area contributed by atoms with Gasteiger partial charge in [-0.05, 0) is 48.4 Å². The van der Waals surface area contributed by atoms with E-state index in [1.54, 1.807) is 25.3 Å². The number of methoxy groups -OCH3 is 1. The van der Waals surface area contributed by atoms with Crippen molar-refractivity contribution in [2.45, 2.75) is 24.8 Å². The van der Waals surface area contributed by atoms with Gasteiger partial charge in [0.15, 0.2) is 5.78 Å². The molecule has 2 aliphatic rings. The van der Waals surface area contributed by atoms with Gasteiger partial charge in [-0.15, -0.1) is 0 Å². The fourth-order valence-electron chi connectivity index (χ4n) is 4.76. The first-order valence-electron chi connectivity index (χ1n) is 10.9. The first-order chi connectivity index (χ1) is 16.1. The highest BCUT2D eigenvalue weighted by Gasteiger charge is 2.41. The highest BCUT2D eigenvalue weighted by molar-refractivity contribution is 6.06. The fraction of sp³-hybridized carbons (Fsp3) is 0.231. The molecule has 0 fully saturated rings. The predicted octanol–water partition coefficient (Wildman–Crippen LogP) is 5.00. The zero-order valence-electron chi connectivity index (χ0n) is 18.5. The minimum absolute atomic E-state index is 0.00678. The number of hydrogen-bond donors (Lipinski definition) is 2. The Balaban J connectivity index is 1.71. The van der Waals surface area contributed by atoms with Crippen LogP contribution in [0.4, 0.5) is 16.2 Å². The molecule has 0 saturated carbocycles. The van der Waals surface area contributed by atoms with Gasteiger partial charge in [-0.3, -0.25) is 9.69 Å². The molecule has 0 saturated heterocycles. The summed E-state index contributed by atoms with van der Waals surface area (Å²) in [6.07, 6.45) is 2.56. The van der Waals surface area contributed by atoms with E-state index in [1.807, 2.05) is 60.7 Å². The van der Waals surface area contributed by atoms with Gasteiger partial charge in [-0.25, -0.2) is 4.79 Å². The predicted molar refractivity (Wildman–Crippen MR) is 125 cm³/mol. The quantitative estimate of drug-likeness (QED) is 0.595. The van der Waals surface area contributed by atoms with Gasteiger partial charge in [0.1, 0.15) is 11.5 Å². The zero-order valence-corrected chi connectivity index (χ0v) is 18.5. The Bertz CT molecular complexity index is 1210. The van der Waals surface area contributed by atoms with Gasteiger partial charge in [0.05, 0.1) is 30.8 Å². The number of hydrogen-bond acceptors (Lipinski definition) is 5. The van der Waals surface area contributed by atoms with E-state index >= 15 is 0 Å². The number of nitrogens with one attached hydrogen (secondary N) is 2. The van der Waals surface area contributed by atoms with Crippen LogP contribution >= 0.6 is 0 Å². The summed E-state index contributed by atoms with van der Waals surface area (Å²) in [5.41, 5.74) is 3.72. The van der Waals surface area contributed by atoms with Crippen molar-refractivity contribution in [3.8, 4) is 5.75 Å². The largest absolute Gasteiger partial charge is 0.497 e. The molecule has 7 nitrogen and oxygen atoms in total. The average Bonchev–Trinajstić information content (AvgIpc) is 3.34. The maximum absolute atomic E-state index is 13.7. The van der Waals surface area contributed by atoms with Crippen molar-refractivity contribution < 1.29 is 18.7 Å². The number of Topliss-reactive ketones (excluding diaryl/α,β-unsaturated/α-hetero) is 1. The zero-order chi connectivity index (χ0) is 22.9. The number of anilines is 2. The van der Waals surface area contributed by atoms with Crippen LogP contribution < -0.4 is 20.3 Å². The lowest BCUT2D eigenvalue weighted by Gasteiger charge is -2.34. The second-order valence-corrected chi connectivity index (χ2v) is 8.18. The Labute approximate surface area is 192 Å². The number of carbonyl (C=O) groups is 2. The lowest BCUT2D eigenvalue weighted by molar-refractivity contribution is -0.116. The van der Waals surface area contributed by atoms with Crippen LogP contribution in [-0.2, 0) is 4.79 Å². The number of fused-ring (bicyclic) bond motifs is 1. The number of amides is 2. The Kier molecular flexibility index (Phi) is 5.38. The number of ether oxygens (including phenoxy) is 1. The number of nitrogens with zero attached hydrogens (tertiary/aromatic N) is 1. The Morgan fingerprint density at radius 3 is 2.58 bits per heavy atom. The maximum Gasteiger partial charge on any atom is 0.322 e. The monoisotopic (exact) mass is 443 g/mol. The van der Waals surface area contributed by atoms with Gasteiger partial charge in [0.2, 0.25) is 0 Å². The lowest BCUT2D eigenvalue weighted by atomic mass is 9.80. The molecule has 0 radical (unpaired) electrons. The molecule has 2 amide bonds. The molecule has 1 aliphatic carbocycles. The third kappa shape index (κ3) is 3.65. The number of carbonyl (C=O) groups excluding carboxylic acids is 2. The van der Waals surface area contributed by atoms with Gasteiger partial charge in [0, 0.05) is 30.7 Å². The lowest BCUT2D eigenvalue weighted by Crippen LogP contribution is -2.43. The van der Waals surface area contributed by atoms with E-state index in [1.165, 1.54) is 0 Å². The van der Waals surface area contributed by atoms with Crippen LogP contribution in [0.2, 0.25) is 0 Å². The summed E-state index contributed by atoms with van der Waals surface area (Å²) < 4.78 is 10.9. The van der Waals surface area contributed by atoms with Crippen LogP contribution in [0, 0.1) is 0 Å². The fourth-order valence-corrected chi connectivity index (χ4v) is 4.76. The molecule has 0 unspecified atom stereocenters. The van der Waals surface area contributed by atoms with E-state index in [0.717, 1.165) is 22.7 Å². The van der Waals surface area contributed by atoms with Crippen LogP contribution in [0.15, 0.2) is 82.6 Å². The first kappa shape index (κ1) is 20.9. The van der Waals surface area contributed by atoms with E-state index in [0.29, 0.717) is 29.9 Å². The first-order valence-corrected chi connectivity index (χ1v) is 10.9. The summed E-state index contributed by atoms with van der Waals surface area (Å²) in [4.78, 5) is 28.6. The van der Waals surface area contributed by atoms with Gasteiger partial charge in [-0.1, -0.05) is 24.3 Å². The minimum atomic E-state index is -0.591. The van der Waals surface area contributed by atoms with Crippen LogP contribution in [0.5, 0.6) is 5.75 Å².